The molecule has 0 aromatic heterocycles. The molecule has 36 heavy (non-hydrogen) atoms. The SMILES string of the molecule is CCOc1ccc(C(O)=C2C(=O)C(=O)N(CCCN3CCOCC3)[C@@H]2c2ccc(OCC)cc2)cc1. The number of aliphatic hydroxyl groups excluding tert-OH is 1. The minimum absolute atomic E-state index is 0.0969. The maximum atomic E-state index is 13.2. The van der Waals surface area contributed by atoms with E-state index < -0.39 is 17.7 Å². The van der Waals surface area contributed by atoms with Crippen molar-refractivity contribution in [2.75, 3.05) is 52.6 Å². The normalized spacial score (nSPS) is 20.1. The highest BCUT2D eigenvalue weighted by molar-refractivity contribution is 6.46. The van der Waals surface area contributed by atoms with Crippen LogP contribution in [0.5, 0.6) is 11.5 Å². The molecule has 4 rings (SSSR count). The van der Waals surface area contributed by atoms with Gasteiger partial charge in [-0.25, -0.2) is 0 Å². The van der Waals surface area contributed by atoms with Crippen LogP contribution in [0.3, 0.4) is 0 Å². The predicted molar refractivity (Wildman–Crippen MR) is 136 cm³/mol. The van der Waals surface area contributed by atoms with E-state index in [-0.39, 0.29) is 11.3 Å². The zero-order valence-electron chi connectivity index (χ0n) is 20.9. The number of ether oxygens (including phenoxy) is 3. The summed E-state index contributed by atoms with van der Waals surface area (Å²) in [5, 5.41) is 11.2. The molecule has 0 spiro atoms. The Hall–Kier alpha value is -3.36. The number of aliphatic hydroxyl groups is 1. The van der Waals surface area contributed by atoms with Crippen molar-refractivity contribution in [3.8, 4) is 11.5 Å². The number of hydrogen-bond acceptors (Lipinski definition) is 7. The Bertz CT molecular complexity index is 1070. The Morgan fingerprint density at radius 3 is 2.08 bits per heavy atom. The molecular weight excluding hydrogens is 460 g/mol. The lowest BCUT2D eigenvalue weighted by atomic mass is 9.95. The van der Waals surface area contributed by atoms with Crippen LogP contribution in [0.15, 0.2) is 54.1 Å². The summed E-state index contributed by atoms with van der Waals surface area (Å²) < 4.78 is 16.5. The molecular formula is C28H34N2O6. The van der Waals surface area contributed by atoms with E-state index >= 15 is 0 Å². The highest BCUT2D eigenvalue weighted by Gasteiger charge is 2.45. The molecule has 192 valence electrons. The summed E-state index contributed by atoms with van der Waals surface area (Å²) in [4.78, 5) is 30.3. The number of morpholine rings is 1. The number of nitrogens with zero attached hydrogens (tertiary/aromatic N) is 2. The van der Waals surface area contributed by atoms with Crippen molar-refractivity contribution < 1.29 is 28.9 Å². The van der Waals surface area contributed by atoms with Gasteiger partial charge >= 0.3 is 0 Å². The Kier molecular flexibility index (Phi) is 8.61. The minimum Gasteiger partial charge on any atom is -0.507 e. The number of rotatable bonds is 10. The predicted octanol–water partition coefficient (Wildman–Crippen LogP) is 3.63. The quantitative estimate of drug-likeness (QED) is 0.307. The lowest BCUT2D eigenvalue weighted by Gasteiger charge is -2.29. The van der Waals surface area contributed by atoms with E-state index in [1.165, 1.54) is 0 Å². The van der Waals surface area contributed by atoms with Crippen molar-refractivity contribution in [2.24, 2.45) is 0 Å². The second-order valence-corrected chi connectivity index (χ2v) is 8.76. The summed E-state index contributed by atoms with van der Waals surface area (Å²) >= 11 is 0. The summed E-state index contributed by atoms with van der Waals surface area (Å²) in [6.07, 6.45) is 0.712. The minimum atomic E-state index is -0.683. The largest absolute Gasteiger partial charge is 0.507 e. The van der Waals surface area contributed by atoms with Gasteiger partial charge in [-0.2, -0.15) is 0 Å². The number of benzene rings is 2. The van der Waals surface area contributed by atoms with Crippen molar-refractivity contribution in [1.29, 1.82) is 0 Å². The number of carbonyl (C=O) groups is 2. The van der Waals surface area contributed by atoms with Gasteiger partial charge in [0.05, 0.1) is 38.0 Å². The fourth-order valence-electron chi connectivity index (χ4n) is 4.69. The molecule has 0 radical (unpaired) electrons. The highest BCUT2D eigenvalue weighted by Crippen LogP contribution is 2.40. The first-order valence-electron chi connectivity index (χ1n) is 12.6. The molecule has 2 fully saturated rings. The van der Waals surface area contributed by atoms with Gasteiger partial charge in [-0.15, -0.1) is 0 Å². The second-order valence-electron chi connectivity index (χ2n) is 8.76. The third-order valence-corrected chi connectivity index (χ3v) is 6.46. The Morgan fingerprint density at radius 1 is 0.917 bits per heavy atom. The molecule has 0 unspecified atom stereocenters. The van der Waals surface area contributed by atoms with E-state index in [0.29, 0.717) is 56.5 Å². The zero-order valence-corrected chi connectivity index (χ0v) is 20.9. The molecule has 2 aromatic carbocycles. The first kappa shape index (κ1) is 25.7. The van der Waals surface area contributed by atoms with E-state index in [4.69, 9.17) is 14.2 Å². The van der Waals surface area contributed by atoms with Crippen LogP contribution in [0, 0.1) is 0 Å². The third-order valence-electron chi connectivity index (χ3n) is 6.46. The topological polar surface area (TPSA) is 88.5 Å². The molecule has 8 nitrogen and oxygen atoms in total. The lowest BCUT2D eigenvalue weighted by molar-refractivity contribution is -0.140. The standard InChI is InChI=1S/C28H34N2O6/c1-3-35-22-10-6-20(7-11-22)25-24(26(31)21-8-12-23(13-9-21)36-4-2)27(32)28(33)30(25)15-5-14-29-16-18-34-19-17-29/h6-13,25,31H,3-5,14-19H2,1-2H3/t25-/m1/s1. The van der Waals surface area contributed by atoms with Crippen molar-refractivity contribution in [2.45, 2.75) is 26.3 Å². The van der Waals surface area contributed by atoms with Crippen LogP contribution in [0.25, 0.3) is 5.76 Å². The number of hydrogen-bond donors (Lipinski definition) is 1. The van der Waals surface area contributed by atoms with Crippen molar-refractivity contribution >= 4 is 17.4 Å². The van der Waals surface area contributed by atoms with Gasteiger partial charge in [0, 0.05) is 31.7 Å². The highest BCUT2D eigenvalue weighted by atomic mass is 16.5. The number of carbonyl (C=O) groups excluding carboxylic acids is 2. The third kappa shape index (κ3) is 5.71. The number of amides is 1. The van der Waals surface area contributed by atoms with Gasteiger partial charge in [0.1, 0.15) is 17.3 Å². The number of likely N-dealkylation sites (tertiary alicyclic amines) is 1. The Morgan fingerprint density at radius 2 is 1.50 bits per heavy atom. The second kappa shape index (κ2) is 12.1. The van der Waals surface area contributed by atoms with Crippen LogP contribution in [-0.4, -0.2) is 79.2 Å². The van der Waals surface area contributed by atoms with E-state index in [1.807, 2.05) is 38.1 Å². The molecule has 8 heteroatoms. The smallest absolute Gasteiger partial charge is 0.295 e. The monoisotopic (exact) mass is 494 g/mol. The van der Waals surface area contributed by atoms with Gasteiger partial charge < -0.3 is 24.2 Å². The molecule has 0 saturated carbocycles. The number of Topliss-reactive ketones (excluding diaryl/α,β-unsaturated/α-hetero) is 1. The van der Waals surface area contributed by atoms with Crippen LogP contribution >= 0.6 is 0 Å². The molecule has 2 aromatic rings. The summed E-state index contributed by atoms with van der Waals surface area (Å²) in [5.74, 6) is -0.0846. The summed E-state index contributed by atoms with van der Waals surface area (Å²) in [5.41, 5.74) is 1.30. The fraction of sp³-hybridized carbons (Fsp3) is 0.429. The van der Waals surface area contributed by atoms with E-state index in [0.717, 1.165) is 25.2 Å². The van der Waals surface area contributed by atoms with Crippen molar-refractivity contribution in [1.82, 2.24) is 9.80 Å². The van der Waals surface area contributed by atoms with E-state index in [9.17, 15) is 14.7 Å². The van der Waals surface area contributed by atoms with Crippen LogP contribution in [-0.2, 0) is 14.3 Å². The molecule has 2 heterocycles. The molecule has 1 amide bonds. The van der Waals surface area contributed by atoms with E-state index in [1.54, 1.807) is 29.2 Å². The first-order chi connectivity index (χ1) is 17.5. The maximum absolute atomic E-state index is 13.2. The van der Waals surface area contributed by atoms with Crippen LogP contribution < -0.4 is 9.47 Å². The molecule has 0 bridgehead atoms. The van der Waals surface area contributed by atoms with E-state index in [2.05, 4.69) is 4.90 Å². The van der Waals surface area contributed by atoms with Gasteiger partial charge in [-0.05, 0) is 62.2 Å². The van der Waals surface area contributed by atoms with Crippen LogP contribution in [0.2, 0.25) is 0 Å². The van der Waals surface area contributed by atoms with Gasteiger partial charge in [-0.3, -0.25) is 14.5 Å². The molecule has 1 N–H and O–H groups in total. The van der Waals surface area contributed by atoms with Gasteiger partial charge in [-0.1, -0.05) is 12.1 Å². The fourth-order valence-corrected chi connectivity index (χ4v) is 4.69. The molecule has 1 atom stereocenters. The Balaban J connectivity index is 1.65. The first-order valence-corrected chi connectivity index (χ1v) is 12.6. The Labute approximate surface area is 212 Å². The molecule has 2 saturated heterocycles. The molecule has 2 aliphatic heterocycles. The van der Waals surface area contributed by atoms with Crippen LogP contribution in [0.1, 0.15) is 37.4 Å². The molecule has 2 aliphatic rings. The maximum Gasteiger partial charge on any atom is 0.295 e. The number of ketones is 1. The van der Waals surface area contributed by atoms with Gasteiger partial charge in [0.15, 0.2) is 0 Å². The van der Waals surface area contributed by atoms with Crippen molar-refractivity contribution in [3.63, 3.8) is 0 Å². The van der Waals surface area contributed by atoms with Crippen LogP contribution in [0.4, 0.5) is 0 Å². The molecule has 0 aliphatic carbocycles. The van der Waals surface area contributed by atoms with Crippen molar-refractivity contribution in [3.05, 3.63) is 65.2 Å². The lowest BCUT2D eigenvalue weighted by Crippen LogP contribution is -2.38. The average Bonchev–Trinajstić information content (AvgIpc) is 3.15. The summed E-state index contributed by atoms with van der Waals surface area (Å²) in [6, 6.07) is 13.5. The average molecular weight is 495 g/mol. The summed E-state index contributed by atoms with van der Waals surface area (Å²) in [7, 11) is 0. The zero-order chi connectivity index (χ0) is 25.5. The van der Waals surface area contributed by atoms with Gasteiger partial charge in [0.25, 0.3) is 11.7 Å². The summed E-state index contributed by atoms with van der Waals surface area (Å²) in [6.45, 7) is 9.21. The van der Waals surface area contributed by atoms with Gasteiger partial charge in [0.2, 0.25) is 0 Å².